The van der Waals surface area contributed by atoms with Gasteiger partial charge in [-0.3, -0.25) is 0 Å². The van der Waals surface area contributed by atoms with E-state index in [1.807, 2.05) is 42.5 Å². The van der Waals surface area contributed by atoms with Crippen LogP contribution in [0.4, 0.5) is 0 Å². The number of nitrogens with zero attached hydrogens (tertiary/aromatic N) is 3. The van der Waals surface area contributed by atoms with Crippen LogP contribution in [0.25, 0.3) is 82.4 Å². The molecule has 1 heterocycles. The number of hydrogen-bond donors (Lipinski definition) is 0. The normalized spacial score (nSPS) is 11.2. The second-order valence-electron chi connectivity index (χ2n) is 12.3. The van der Waals surface area contributed by atoms with E-state index >= 15 is 0 Å². The summed E-state index contributed by atoms with van der Waals surface area (Å²) in [6.07, 6.45) is 0. The summed E-state index contributed by atoms with van der Waals surface area (Å²) in [5.41, 5.74) is 9.62. The minimum absolute atomic E-state index is 0.375. The van der Waals surface area contributed by atoms with Crippen molar-refractivity contribution in [3.05, 3.63) is 175 Å². The molecule has 0 aliphatic carbocycles. The smallest absolute Gasteiger partial charge is 0.101 e. The van der Waals surface area contributed by atoms with Gasteiger partial charge in [-0.25, -0.2) is 0 Å². The molecular formula is C46H27N3. The lowest BCUT2D eigenvalue weighted by molar-refractivity contribution is 1.18. The van der Waals surface area contributed by atoms with Crippen LogP contribution in [0.5, 0.6) is 0 Å². The highest BCUT2D eigenvalue weighted by molar-refractivity contribution is 6.22. The SMILES string of the molecule is N#Cc1c(-c2cccc(-n3c4ccccc4c4ccccc43)c2)ccc(-c2c3ccccc3c(-c3ccccc3)c3ccccc23)c1C#N. The van der Waals surface area contributed by atoms with Crippen LogP contribution in [-0.2, 0) is 0 Å². The summed E-state index contributed by atoms with van der Waals surface area (Å²) in [5, 5.41) is 28.2. The molecule has 0 unspecified atom stereocenters. The zero-order chi connectivity index (χ0) is 32.9. The second-order valence-corrected chi connectivity index (χ2v) is 12.3. The maximum atomic E-state index is 10.8. The van der Waals surface area contributed by atoms with Gasteiger partial charge in [0, 0.05) is 27.6 Å². The molecule has 0 amide bonds. The van der Waals surface area contributed by atoms with Crippen molar-refractivity contribution < 1.29 is 0 Å². The third-order valence-electron chi connectivity index (χ3n) is 9.69. The van der Waals surface area contributed by atoms with Crippen LogP contribution in [0.3, 0.4) is 0 Å². The maximum Gasteiger partial charge on any atom is 0.101 e. The van der Waals surface area contributed by atoms with E-state index < -0.39 is 0 Å². The predicted octanol–water partition coefficient (Wildman–Crippen LogP) is 11.8. The van der Waals surface area contributed by atoms with Gasteiger partial charge in [-0.15, -0.1) is 0 Å². The zero-order valence-electron chi connectivity index (χ0n) is 26.4. The Morgan fingerprint density at radius 3 is 1.39 bits per heavy atom. The Bertz CT molecular complexity index is 2740. The number of aromatic nitrogens is 1. The molecule has 0 saturated carbocycles. The second kappa shape index (κ2) is 11.4. The quantitative estimate of drug-likeness (QED) is 0.184. The molecule has 226 valence electrons. The third kappa shape index (κ3) is 4.35. The molecule has 0 fully saturated rings. The molecule has 9 rings (SSSR count). The van der Waals surface area contributed by atoms with E-state index in [0.29, 0.717) is 11.1 Å². The number of nitriles is 2. The van der Waals surface area contributed by atoms with Gasteiger partial charge >= 0.3 is 0 Å². The van der Waals surface area contributed by atoms with Crippen molar-refractivity contribution >= 4 is 43.4 Å². The summed E-state index contributed by atoms with van der Waals surface area (Å²) in [7, 11) is 0. The van der Waals surface area contributed by atoms with Gasteiger partial charge in [-0.1, -0.05) is 140 Å². The minimum Gasteiger partial charge on any atom is -0.309 e. The molecule has 49 heavy (non-hydrogen) atoms. The fourth-order valence-electron chi connectivity index (χ4n) is 7.63. The number of fused-ring (bicyclic) bond motifs is 5. The fourth-order valence-corrected chi connectivity index (χ4v) is 7.63. The summed E-state index contributed by atoms with van der Waals surface area (Å²) < 4.78 is 2.27. The highest BCUT2D eigenvalue weighted by Crippen LogP contribution is 2.45. The molecule has 0 bridgehead atoms. The summed E-state index contributed by atoms with van der Waals surface area (Å²) in [5.74, 6) is 0. The first-order valence-corrected chi connectivity index (χ1v) is 16.3. The molecule has 0 atom stereocenters. The van der Waals surface area contributed by atoms with Crippen molar-refractivity contribution in [3.8, 4) is 51.2 Å². The van der Waals surface area contributed by atoms with E-state index in [1.54, 1.807) is 0 Å². The topological polar surface area (TPSA) is 52.5 Å². The van der Waals surface area contributed by atoms with Crippen LogP contribution >= 0.6 is 0 Å². The number of para-hydroxylation sites is 2. The average molecular weight is 622 g/mol. The van der Waals surface area contributed by atoms with Gasteiger partial charge in [0.1, 0.15) is 12.1 Å². The van der Waals surface area contributed by atoms with Gasteiger partial charge in [0.2, 0.25) is 0 Å². The first-order valence-electron chi connectivity index (χ1n) is 16.3. The van der Waals surface area contributed by atoms with E-state index in [1.165, 1.54) is 10.8 Å². The van der Waals surface area contributed by atoms with Gasteiger partial charge in [0.15, 0.2) is 0 Å². The Hall–Kier alpha value is -6.94. The Morgan fingerprint density at radius 2 is 0.816 bits per heavy atom. The van der Waals surface area contributed by atoms with Crippen LogP contribution in [0, 0.1) is 22.7 Å². The van der Waals surface area contributed by atoms with E-state index in [2.05, 4.69) is 138 Å². The lowest BCUT2D eigenvalue weighted by Crippen LogP contribution is -1.98. The summed E-state index contributed by atoms with van der Waals surface area (Å²) >= 11 is 0. The van der Waals surface area contributed by atoms with E-state index in [4.69, 9.17) is 0 Å². The van der Waals surface area contributed by atoms with Crippen LogP contribution in [-0.4, -0.2) is 4.57 Å². The van der Waals surface area contributed by atoms with Crippen molar-refractivity contribution in [2.45, 2.75) is 0 Å². The Kier molecular flexibility index (Phi) is 6.58. The molecule has 0 radical (unpaired) electrons. The number of rotatable bonds is 4. The predicted molar refractivity (Wildman–Crippen MR) is 202 cm³/mol. The molecule has 9 aromatic rings. The Labute approximate surface area is 283 Å². The number of hydrogen-bond acceptors (Lipinski definition) is 2. The van der Waals surface area contributed by atoms with Crippen LogP contribution in [0.2, 0.25) is 0 Å². The van der Waals surface area contributed by atoms with Crippen LogP contribution in [0.1, 0.15) is 11.1 Å². The zero-order valence-corrected chi connectivity index (χ0v) is 26.4. The Balaban J connectivity index is 1.28. The van der Waals surface area contributed by atoms with E-state index in [-0.39, 0.29) is 0 Å². The molecular weight excluding hydrogens is 595 g/mol. The maximum absolute atomic E-state index is 10.8. The minimum atomic E-state index is 0.375. The molecule has 3 heteroatoms. The third-order valence-corrected chi connectivity index (χ3v) is 9.69. The highest BCUT2D eigenvalue weighted by Gasteiger charge is 2.22. The first-order chi connectivity index (χ1) is 24.3. The van der Waals surface area contributed by atoms with Crippen molar-refractivity contribution in [1.29, 1.82) is 10.5 Å². The molecule has 0 spiro atoms. The molecule has 0 aliphatic heterocycles. The van der Waals surface area contributed by atoms with E-state index in [9.17, 15) is 10.5 Å². The van der Waals surface area contributed by atoms with Crippen LogP contribution in [0.15, 0.2) is 164 Å². The average Bonchev–Trinajstić information content (AvgIpc) is 3.51. The lowest BCUT2D eigenvalue weighted by atomic mass is 9.83. The van der Waals surface area contributed by atoms with Gasteiger partial charge < -0.3 is 4.57 Å². The number of benzene rings is 8. The summed E-state index contributed by atoms with van der Waals surface area (Å²) in [6, 6.07) is 61.3. The largest absolute Gasteiger partial charge is 0.309 e. The fraction of sp³-hybridized carbons (Fsp3) is 0. The molecule has 0 aliphatic rings. The monoisotopic (exact) mass is 621 g/mol. The Morgan fingerprint density at radius 1 is 0.367 bits per heavy atom. The summed E-state index contributed by atoms with van der Waals surface area (Å²) in [6.45, 7) is 0. The highest BCUT2D eigenvalue weighted by atomic mass is 15.0. The molecule has 1 aromatic heterocycles. The van der Waals surface area contributed by atoms with Crippen molar-refractivity contribution in [2.24, 2.45) is 0 Å². The first kappa shape index (κ1) is 28.3. The molecule has 0 N–H and O–H groups in total. The van der Waals surface area contributed by atoms with Crippen molar-refractivity contribution in [3.63, 3.8) is 0 Å². The van der Waals surface area contributed by atoms with Crippen molar-refractivity contribution in [2.75, 3.05) is 0 Å². The standard InChI is InChI=1S/C46H27N3/c47-28-41-33(31-15-12-16-32(27-31)49-43-23-10-8-17-34(43)35-18-9-11-24-44(35)49)25-26-40(42(41)29-48)46-38-21-6-4-19-36(38)45(30-13-2-1-3-14-30)37-20-5-7-22-39(37)46/h1-27H. The van der Waals surface area contributed by atoms with Gasteiger partial charge in [-0.2, -0.15) is 10.5 Å². The summed E-state index contributed by atoms with van der Waals surface area (Å²) in [4.78, 5) is 0. The van der Waals surface area contributed by atoms with E-state index in [0.717, 1.165) is 71.6 Å². The molecule has 0 saturated heterocycles. The molecule has 8 aromatic carbocycles. The van der Waals surface area contributed by atoms with Crippen molar-refractivity contribution in [1.82, 2.24) is 4.57 Å². The lowest BCUT2D eigenvalue weighted by Gasteiger charge is -2.19. The molecule has 3 nitrogen and oxygen atoms in total. The van der Waals surface area contributed by atoms with Gasteiger partial charge in [0.05, 0.1) is 22.2 Å². The van der Waals surface area contributed by atoms with Gasteiger partial charge in [-0.05, 0) is 68.1 Å². The van der Waals surface area contributed by atoms with Gasteiger partial charge in [0.25, 0.3) is 0 Å². The van der Waals surface area contributed by atoms with Crippen LogP contribution < -0.4 is 0 Å².